The zero-order valence-corrected chi connectivity index (χ0v) is 17.7. The van der Waals surface area contributed by atoms with Gasteiger partial charge >= 0.3 is 6.18 Å². The van der Waals surface area contributed by atoms with Crippen LogP contribution in [0.2, 0.25) is 0 Å². The lowest BCUT2D eigenvalue weighted by Crippen LogP contribution is -2.52. The highest BCUT2D eigenvalue weighted by Gasteiger charge is 2.41. The third-order valence-corrected chi connectivity index (χ3v) is 7.68. The van der Waals surface area contributed by atoms with E-state index in [4.69, 9.17) is 0 Å². The minimum Gasteiger partial charge on any atom is -0.348 e. The maximum Gasteiger partial charge on any atom is 0.416 e. The molecule has 0 aromatic heterocycles. The molecule has 2 aliphatic heterocycles. The number of fused-ring (bicyclic) bond motifs is 1. The minimum atomic E-state index is -4.63. The summed E-state index contributed by atoms with van der Waals surface area (Å²) in [5, 5.41) is 2.88. The first-order valence-corrected chi connectivity index (χ1v) is 11.5. The van der Waals surface area contributed by atoms with Crippen LogP contribution in [0.3, 0.4) is 0 Å². The van der Waals surface area contributed by atoms with Gasteiger partial charge in [-0.25, -0.2) is 12.8 Å². The number of benzene rings is 2. The lowest BCUT2D eigenvalue weighted by atomic mass is 10.1. The molecule has 2 saturated heterocycles. The van der Waals surface area contributed by atoms with Gasteiger partial charge in [0.25, 0.3) is 5.91 Å². The van der Waals surface area contributed by atoms with Crippen molar-refractivity contribution in [3.63, 3.8) is 0 Å². The summed E-state index contributed by atoms with van der Waals surface area (Å²) in [5.41, 5.74) is -0.688. The van der Waals surface area contributed by atoms with E-state index in [-0.39, 0.29) is 36.0 Å². The quantitative estimate of drug-likeness (QED) is 0.697. The van der Waals surface area contributed by atoms with Crippen molar-refractivity contribution < 1.29 is 30.8 Å². The molecular weight excluding hydrogens is 450 g/mol. The number of nitrogens with one attached hydrogen (secondary N) is 1. The molecule has 0 unspecified atom stereocenters. The highest BCUT2D eigenvalue weighted by molar-refractivity contribution is 7.89. The molecule has 0 spiro atoms. The summed E-state index contributed by atoms with van der Waals surface area (Å²) < 4.78 is 79.2. The molecule has 1 N–H and O–H groups in total. The Bertz CT molecular complexity index is 1110. The molecule has 0 bridgehead atoms. The Kier molecular flexibility index (Phi) is 5.99. The predicted octanol–water partition coefficient (Wildman–Crippen LogP) is 2.72. The molecule has 2 aromatic rings. The summed E-state index contributed by atoms with van der Waals surface area (Å²) in [6.45, 7) is 1.22. The monoisotopic (exact) mass is 471 g/mol. The second kappa shape index (κ2) is 8.45. The summed E-state index contributed by atoms with van der Waals surface area (Å²) in [4.78, 5) is 14.1. The number of halogens is 4. The van der Waals surface area contributed by atoms with E-state index < -0.39 is 27.6 Å². The van der Waals surface area contributed by atoms with Crippen LogP contribution in [-0.4, -0.2) is 61.8 Å². The van der Waals surface area contributed by atoms with Crippen molar-refractivity contribution >= 4 is 15.9 Å². The van der Waals surface area contributed by atoms with Crippen LogP contribution in [0.5, 0.6) is 0 Å². The van der Waals surface area contributed by atoms with Crippen LogP contribution in [0.1, 0.15) is 22.3 Å². The first-order chi connectivity index (χ1) is 15.0. The average molecular weight is 471 g/mol. The molecule has 2 atom stereocenters. The van der Waals surface area contributed by atoms with Gasteiger partial charge < -0.3 is 5.32 Å². The topological polar surface area (TPSA) is 69.7 Å². The predicted molar refractivity (Wildman–Crippen MR) is 108 cm³/mol. The maximum absolute atomic E-state index is 13.0. The van der Waals surface area contributed by atoms with Crippen LogP contribution in [0.15, 0.2) is 53.4 Å². The van der Waals surface area contributed by atoms with E-state index in [0.29, 0.717) is 31.1 Å². The van der Waals surface area contributed by atoms with Crippen LogP contribution in [0.25, 0.3) is 0 Å². The van der Waals surface area contributed by atoms with Crippen molar-refractivity contribution in [3.8, 4) is 0 Å². The molecule has 0 aliphatic carbocycles. The van der Waals surface area contributed by atoms with E-state index in [0.717, 1.165) is 18.2 Å². The minimum absolute atomic E-state index is 0.126. The van der Waals surface area contributed by atoms with E-state index in [9.17, 15) is 30.8 Å². The van der Waals surface area contributed by atoms with Gasteiger partial charge in [0.1, 0.15) is 5.82 Å². The standard InChI is InChI=1S/C21H21F4N3O3S/c22-16-6-4-14(5-7-16)20(29)26-17-11-18-13-28(9-8-27(18)12-17)32(30,31)19-3-1-2-15(10-19)21(23,24)25/h1-7,10,17-18H,8-9,11-13H2,(H,26,29)/t17-,18-/m0/s1. The molecule has 2 fully saturated rings. The Hall–Kier alpha value is -2.50. The lowest BCUT2D eigenvalue weighted by molar-refractivity contribution is -0.137. The van der Waals surface area contributed by atoms with E-state index in [1.807, 2.05) is 0 Å². The molecule has 6 nitrogen and oxygen atoms in total. The number of amides is 1. The maximum atomic E-state index is 13.0. The third kappa shape index (κ3) is 4.64. The Morgan fingerprint density at radius 1 is 1.03 bits per heavy atom. The van der Waals surface area contributed by atoms with Gasteiger partial charge in [0.15, 0.2) is 0 Å². The summed E-state index contributed by atoms with van der Waals surface area (Å²) in [7, 11) is -4.09. The second-order valence-electron chi connectivity index (χ2n) is 7.95. The van der Waals surface area contributed by atoms with Crippen LogP contribution < -0.4 is 5.32 Å². The molecule has 11 heteroatoms. The van der Waals surface area contributed by atoms with Gasteiger partial charge in [-0.3, -0.25) is 9.69 Å². The van der Waals surface area contributed by atoms with Crippen LogP contribution in [-0.2, 0) is 16.2 Å². The number of carbonyl (C=O) groups excluding carboxylic acids is 1. The van der Waals surface area contributed by atoms with E-state index >= 15 is 0 Å². The number of rotatable bonds is 4. The molecule has 0 radical (unpaired) electrons. The van der Waals surface area contributed by atoms with Crippen molar-refractivity contribution in [1.82, 2.24) is 14.5 Å². The van der Waals surface area contributed by atoms with Gasteiger partial charge in [-0.2, -0.15) is 17.5 Å². The SMILES string of the molecule is O=C(N[C@H]1C[C@H]2CN(S(=O)(=O)c3cccc(C(F)(F)F)c3)CCN2C1)c1ccc(F)cc1. The highest BCUT2D eigenvalue weighted by atomic mass is 32.2. The van der Waals surface area contributed by atoms with Crippen LogP contribution in [0, 0.1) is 5.82 Å². The zero-order chi connectivity index (χ0) is 23.1. The number of hydrogen-bond donors (Lipinski definition) is 1. The first-order valence-electron chi connectivity index (χ1n) is 10.0. The summed E-state index contributed by atoms with van der Waals surface area (Å²) in [6, 6.07) is 8.53. The van der Waals surface area contributed by atoms with E-state index in [2.05, 4.69) is 10.2 Å². The van der Waals surface area contributed by atoms with Crippen molar-refractivity contribution in [3.05, 3.63) is 65.5 Å². The van der Waals surface area contributed by atoms with Crippen molar-refractivity contribution in [2.45, 2.75) is 29.6 Å². The number of hydrogen-bond acceptors (Lipinski definition) is 4. The van der Waals surface area contributed by atoms with Crippen LogP contribution >= 0.6 is 0 Å². The van der Waals surface area contributed by atoms with Gasteiger partial charge in [0, 0.05) is 43.8 Å². The fraction of sp³-hybridized carbons (Fsp3) is 0.381. The molecule has 2 aliphatic rings. The van der Waals surface area contributed by atoms with Gasteiger partial charge in [-0.05, 0) is 48.9 Å². The van der Waals surface area contributed by atoms with Gasteiger partial charge in [-0.1, -0.05) is 6.07 Å². The number of carbonyl (C=O) groups is 1. The first kappa shape index (κ1) is 22.7. The molecule has 2 aromatic carbocycles. The molecule has 2 heterocycles. The number of piperazine rings is 1. The fourth-order valence-corrected chi connectivity index (χ4v) is 5.70. The van der Waals surface area contributed by atoms with E-state index in [1.54, 1.807) is 0 Å². The smallest absolute Gasteiger partial charge is 0.348 e. The fourth-order valence-electron chi connectivity index (χ4n) is 4.19. The molecule has 4 rings (SSSR count). The van der Waals surface area contributed by atoms with Crippen LogP contribution in [0.4, 0.5) is 17.6 Å². The second-order valence-corrected chi connectivity index (χ2v) is 9.89. The molecule has 32 heavy (non-hydrogen) atoms. The van der Waals surface area contributed by atoms with E-state index in [1.165, 1.54) is 28.6 Å². The Morgan fingerprint density at radius 3 is 2.44 bits per heavy atom. The Balaban J connectivity index is 1.42. The summed E-state index contributed by atoms with van der Waals surface area (Å²) in [5.74, 6) is -0.787. The third-order valence-electron chi connectivity index (χ3n) is 5.82. The largest absolute Gasteiger partial charge is 0.416 e. The number of alkyl halides is 3. The summed E-state index contributed by atoms with van der Waals surface area (Å²) >= 11 is 0. The number of sulfonamides is 1. The van der Waals surface area contributed by atoms with Crippen molar-refractivity contribution in [2.75, 3.05) is 26.2 Å². The molecule has 172 valence electrons. The van der Waals surface area contributed by atoms with Gasteiger partial charge in [0.05, 0.1) is 10.5 Å². The van der Waals surface area contributed by atoms with Crippen molar-refractivity contribution in [2.24, 2.45) is 0 Å². The van der Waals surface area contributed by atoms with Crippen molar-refractivity contribution in [1.29, 1.82) is 0 Å². The average Bonchev–Trinajstić information content (AvgIpc) is 3.15. The Labute approximate surface area is 182 Å². The zero-order valence-electron chi connectivity index (χ0n) is 16.8. The lowest BCUT2D eigenvalue weighted by Gasteiger charge is -2.36. The molecule has 1 amide bonds. The van der Waals surface area contributed by atoms with Gasteiger partial charge in [-0.15, -0.1) is 0 Å². The summed E-state index contributed by atoms with van der Waals surface area (Å²) in [6.07, 6.45) is -4.13. The normalized spacial score (nSPS) is 22.5. The highest BCUT2D eigenvalue weighted by Crippen LogP contribution is 2.32. The Morgan fingerprint density at radius 2 is 1.75 bits per heavy atom. The molecular formula is C21H21F4N3O3S. The number of nitrogens with zero attached hydrogens (tertiary/aromatic N) is 2. The van der Waals surface area contributed by atoms with Gasteiger partial charge in [0.2, 0.25) is 10.0 Å². The molecule has 0 saturated carbocycles.